The van der Waals surface area contributed by atoms with E-state index in [1.165, 1.54) is 13.8 Å². The minimum Gasteiger partial charge on any atom is -0.512 e. The fourth-order valence-electron chi connectivity index (χ4n) is 1.52. The number of benzene rings is 1. The summed E-state index contributed by atoms with van der Waals surface area (Å²) < 4.78 is 0. The Balaban J connectivity index is 3.11. The van der Waals surface area contributed by atoms with Crippen LogP contribution >= 0.6 is 0 Å². The number of para-hydroxylation sites is 1. The number of rotatable bonds is 3. The van der Waals surface area contributed by atoms with Gasteiger partial charge >= 0.3 is 0 Å². The number of aliphatic imine (C=N–C) groups is 1. The van der Waals surface area contributed by atoms with Gasteiger partial charge in [0.05, 0.1) is 17.0 Å². The quantitative estimate of drug-likeness (QED) is 0.480. The molecule has 0 spiro atoms. The third kappa shape index (κ3) is 3.05. The van der Waals surface area contributed by atoms with Crippen molar-refractivity contribution in [2.45, 2.75) is 20.8 Å². The molecule has 0 saturated carbocycles. The van der Waals surface area contributed by atoms with Gasteiger partial charge in [-0.25, -0.2) is 0 Å². The molecule has 0 heterocycles. The van der Waals surface area contributed by atoms with E-state index in [1.54, 1.807) is 6.92 Å². The van der Waals surface area contributed by atoms with Gasteiger partial charge in [-0.05, 0) is 32.9 Å². The summed E-state index contributed by atoms with van der Waals surface area (Å²) in [7, 11) is 0. The third-order valence-electron chi connectivity index (χ3n) is 2.13. The van der Waals surface area contributed by atoms with Crippen LogP contribution in [0.3, 0.4) is 0 Å². The summed E-state index contributed by atoms with van der Waals surface area (Å²) in [4.78, 5) is 15.6. The van der Waals surface area contributed by atoms with Crippen LogP contribution in [0.4, 0.5) is 5.69 Å². The van der Waals surface area contributed by atoms with Gasteiger partial charge in [0.15, 0.2) is 5.78 Å². The molecule has 0 radical (unpaired) electrons. The summed E-state index contributed by atoms with van der Waals surface area (Å²) in [6.07, 6.45) is 0. The Labute approximate surface area is 95.1 Å². The Morgan fingerprint density at radius 2 is 1.69 bits per heavy atom. The maximum absolute atomic E-state index is 11.3. The molecule has 0 saturated heterocycles. The fraction of sp³-hybridized carbons (Fsp3) is 0.231. The first-order valence-electron chi connectivity index (χ1n) is 5.04. The molecule has 0 atom stereocenters. The topological polar surface area (TPSA) is 49.7 Å². The minimum absolute atomic E-state index is 0.00433. The van der Waals surface area contributed by atoms with Crippen LogP contribution in [0.1, 0.15) is 20.8 Å². The Bertz CT molecular complexity index is 440. The minimum atomic E-state index is -0.183. The normalized spacial score (nSPS) is 13.3. The third-order valence-corrected chi connectivity index (χ3v) is 2.13. The van der Waals surface area contributed by atoms with Crippen LogP contribution in [0, 0.1) is 0 Å². The second kappa shape index (κ2) is 5.26. The molecule has 0 bridgehead atoms. The van der Waals surface area contributed by atoms with Crippen LogP contribution in [0.2, 0.25) is 0 Å². The van der Waals surface area contributed by atoms with Crippen LogP contribution in [0.25, 0.3) is 0 Å². The number of ketones is 1. The highest BCUT2D eigenvalue weighted by molar-refractivity contribution is 6.21. The summed E-state index contributed by atoms with van der Waals surface area (Å²) in [5, 5.41) is 9.41. The molecule has 1 N–H and O–H groups in total. The van der Waals surface area contributed by atoms with Gasteiger partial charge in [-0.3, -0.25) is 9.79 Å². The van der Waals surface area contributed by atoms with Crippen molar-refractivity contribution < 1.29 is 9.90 Å². The van der Waals surface area contributed by atoms with Crippen molar-refractivity contribution in [3.8, 4) is 0 Å². The van der Waals surface area contributed by atoms with Crippen LogP contribution in [-0.2, 0) is 4.79 Å². The molecule has 3 heteroatoms. The Morgan fingerprint density at radius 3 is 2.12 bits per heavy atom. The number of carbonyl (C=O) groups is 1. The van der Waals surface area contributed by atoms with Crippen molar-refractivity contribution in [2.75, 3.05) is 0 Å². The van der Waals surface area contributed by atoms with E-state index in [9.17, 15) is 9.90 Å². The summed E-state index contributed by atoms with van der Waals surface area (Å²) in [6, 6.07) is 9.32. The number of hydrogen-bond donors (Lipinski definition) is 1. The average Bonchev–Trinajstić information content (AvgIpc) is 2.17. The van der Waals surface area contributed by atoms with E-state index in [2.05, 4.69) is 4.99 Å². The zero-order valence-electron chi connectivity index (χ0n) is 9.69. The lowest BCUT2D eigenvalue weighted by molar-refractivity contribution is -0.113. The molecule has 1 aromatic rings. The summed E-state index contributed by atoms with van der Waals surface area (Å²) in [6.45, 7) is 4.61. The monoisotopic (exact) mass is 217 g/mol. The van der Waals surface area contributed by atoms with E-state index in [-0.39, 0.29) is 17.1 Å². The van der Waals surface area contributed by atoms with Gasteiger partial charge in [-0.1, -0.05) is 18.2 Å². The van der Waals surface area contributed by atoms with Gasteiger partial charge in [-0.2, -0.15) is 0 Å². The van der Waals surface area contributed by atoms with Crippen molar-refractivity contribution in [1.29, 1.82) is 0 Å². The smallest absolute Gasteiger partial charge is 0.164 e. The predicted molar refractivity (Wildman–Crippen MR) is 65.2 cm³/mol. The Morgan fingerprint density at radius 1 is 1.12 bits per heavy atom. The second-order valence-electron chi connectivity index (χ2n) is 3.55. The number of hydrogen-bond acceptors (Lipinski definition) is 3. The molecule has 16 heavy (non-hydrogen) atoms. The molecule has 0 amide bonds. The van der Waals surface area contributed by atoms with Gasteiger partial charge in [0.1, 0.15) is 5.76 Å². The van der Waals surface area contributed by atoms with E-state index in [1.807, 2.05) is 30.3 Å². The number of aliphatic hydroxyl groups excluding tert-OH is 1. The molecule has 0 fully saturated rings. The highest BCUT2D eigenvalue weighted by atomic mass is 16.3. The van der Waals surface area contributed by atoms with Crippen molar-refractivity contribution >= 4 is 17.2 Å². The standard InChI is InChI=1S/C13H15NO2/c1-9(13(10(2)15)11(3)16)14-12-7-5-4-6-8-12/h4-8,15H,1-3H3/b13-10+,14-9?. The zero-order chi connectivity index (χ0) is 12.1. The SMILES string of the molecule is CC(=O)/C(C(C)=Nc1ccccc1)=C(\C)O. The lowest BCUT2D eigenvalue weighted by atomic mass is 10.1. The zero-order valence-corrected chi connectivity index (χ0v) is 9.69. The van der Waals surface area contributed by atoms with Gasteiger partial charge in [0, 0.05) is 0 Å². The van der Waals surface area contributed by atoms with E-state index in [4.69, 9.17) is 0 Å². The summed E-state index contributed by atoms with van der Waals surface area (Å²) in [5.74, 6) is -0.179. The molecule has 0 aliphatic heterocycles. The maximum Gasteiger partial charge on any atom is 0.164 e. The first-order chi connectivity index (χ1) is 7.52. The van der Waals surface area contributed by atoms with Crippen molar-refractivity contribution in [2.24, 2.45) is 4.99 Å². The molecular formula is C13H15NO2. The fourth-order valence-corrected chi connectivity index (χ4v) is 1.52. The van der Waals surface area contributed by atoms with Gasteiger partial charge in [-0.15, -0.1) is 0 Å². The van der Waals surface area contributed by atoms with Gasteiger partial charge in [0.2, 0.25) is 0 Å². The van der Waals surface area contributed by atoms with Crippen molar-refractivity contribution in [3.05, 3.63) is 41.7 Å². The number of Topliss-reactive ketones (excluding diaryl/α,β-unsaturated/α-hetero) is 1. The molecule has 84 valence electrons. The Hall–Kier alpha value is -1.90. The lowest BCUT2D eigenvalue weighted by Gasteiger charge is -2.04. The maximum atomic E-state index is 11.3. The highest BCUT2D eigenvalue weighted by Crippen LogP contribution is 2.14. The predicted octanol–water partition coefficient (Wildman–Crippen LogP) is 3.20. The molecule has 0 aliphatic carbocycles. The number of nitrogens with zero attached hydrogens (tertiary/aromatic N) is 1. The number of carbonyl (C=O) groups excluding carboxylic acids is 1. The van der Waals surface area contributed by atoms with Gasteiger partial charge < -0.3 is 5.11 Å². The Kier molecular flexibility index (Phi) is 4.00. The summed E-state index contributed by atoms with van der Waals surface area (Å²) >= 11 is 0. The van der Waals surface area contributed by atoms with Crippen molar-refractivity contribution in [1.82, 2.24) is 0 Å². The number of allylic oxidation sites excluding steroid dienone is 2. The van der Waals surface area contributed by atoms with E-state index in [0.717, 1.165) is 5.69 Å². The van der Waals surface area contributed by atoms with E-state index >= 15 is 0 Å². The first-order valence-corrected chi connectivity index (χ1v) is 5.04. The molecule has 0 unspecified atom stereocenters. The molecule has 0 aliphatic rings. The van der Waals surface area contributed by atoms with Crippen molar-refractivity contribution in [3.63, 3.8) is 0 Å². The molecule has 0 aromatic heterocycles. The van der Waals surface area contributed by atoms with Crippen LogP contribution < -0.4 is 0 Å². The van der Waals surface area contributed by atoms with Crippen LogP contribution in [-0.4, -0.2) is 16.6 Å². The van der Waals surface area contributed by atoms with Gasteiger partial charge in [0.25, 0.3) is 0 Å². The van der Waals surface area contributed by atoms with Crippen LogP contribution in [0.15, 0.2) is 46.7 Å². The van der Waals surface area contributed by atoms with Crippen LogP contribution in [0.5, 0.6) is 0 Å². The molecular weight excluding hydrogens is 202 g/mol. The first kappa shape index (κ1) is 12.2. The lowest BCUT2D eigenvalue weighted by Crippen LogP contribution is -2.09. The molecule has 3 nitrogen and oxygen atoms in total. The molecule has 1 rings (SSSR count). The van der Waals surface area contributed by atoms with E-state index in [0.29, 0.717) is 5.71 Å². The van der Waals surface area contributed by atoms with E-state index < -0.39 is 0 Å². The molecule has 1 aromatic carbocycles. The second-order valence-corrected chi connectivity index (χ2v) is 3.55. The average molecular weight is 217 g/mol. The largest absolute Gasteiger partial charge is 0.512 e. The number of aliphatic hydroxyl groups is 1. The summed E-state index contributed by atoms with van der Waals surface area (Å²) in [5.41, 5.74) is 1.57. The highest BCUT2D eigenvalue weighted by Gasteiger charge is 2.11.